The van der Waals surface area contributed by atoms with Crippen LogP contribution >= 0.6 is 0 Å². The lowest BCUT2D eigenvalue weighted by atomic mass is 10.1. The minimum absolute atomic E-state index is 0.0837. The first kappa shape index (κ1) is 11.9. The van der Waals surface area contributed by atoms with Crippen molar-refractivity contribution in [1.29, 1.82) is 0 Å². The lowest BCUT2D eigenvalue weighted by molar-refractivity contribution is -0.0277. The minimum atomic E-state index is -2.54. The maximum Gasteiger partial charge on any atom is 0.262 e. The SMILES string of the molecule is CN1CC(F)(F)C[C@@H]1COC(C)(C)C. The van der Waals surface area contributed by atoms with Crippen LogP contribution in [-0.2, 0) is 4.74 Å². The summed E-state index contributed by atoms with van der Waals surface area (Å²) >= 11 is 0. The zero-order chi connectivity index (χ0) is 11.0. The van der Waals surface area contributed by atoms with Gasteiger partial charge in [0.15, 0.2) is 0 Å². The number of nitrogens with zero attached hydrogens (tertiary/aromatic N) is 1. The molecule has 0 aromatic rings. The van der Waals surface area contributed by atoms with Crippen LogP contribution < -0.4 is 0 Å². The number of likely N-dealkylation sites (tertiary alicyclic amines) is 1. The maximum absolute atomic E-state index is 13.0. The summed E-state index contributed by atoms with van der Waals surface area (Å²) in [5, 5.41) is 0. The molecule has 1 aliphatic rings. The highest BCUT2D eigenvalue weighted by atomic mass is 19.3. The van der Waals surface area contributed by atoms with Crippen molar-refractivity contribution in [2.75, 3.05) is 20.2 Å². The molecule has 4 heteroatoms. The molecule has 0 amide bonds. The van der Waals surface area contributed by atoms with Crippen LogP contribution in [0.3, 0.4) is 0 Å². The summed E-state index contributed by atoms with van der Waals surface area (Å²) in [4.78, 5) is 1.67. The van der Waals surface area contributed by atoms with Gasteiger partial charge in [-0.15, -0.1) is 0 Å². The predicted molar refractivity (Wildman–Crippen MR) is 51.7 cm³/mol. The number of rotatable bonds is 2. The molecule has 1 aliphatic heterocycles. The van der Waals surface area contributed by atoms with Crippen LogP contribution in [0.1, 0.15) is 27.2 Å². The minimum Gasteiger partial charge on any atom is -0.374 e. The molecule has 2 nitrogen and oxygen atoms in total. The summed E-state index contributed by atoms with van der Waals surface area (Å²) in [7, 11) is 1.72. The molecule has 0 bridgehead atoms. The van der Waals surface area contributed by atoms with Crippen molar-refractivity contribution >= 4 is 0 Å². The Morgan fingerprint density at radius 1 is 1.43 bits per heavy atom. The van der Waals surface area contributed by atoms with Gasteiger partial charge >= 0.3 is 0 Å². The average Bonchev–Trinajstić information content (AvgIpc) is 2.19. The molecule has 0 aromatic heterocycles. The van der Waals surface area contributed by atoms with E-state index >= 15 is 0 Å². The van der Waals surface area contributed by atoms with Gasteiger partial charge in [0.2, 0.25) is 0 Å². The van der Waals surface area contributed by atoms with Gasteiger partial charge in [-0.05, 0) is 27.8 Å². The molecule has 0 unspecified atom stereocenters. The standard InChI is InChI=1S/C10H19F2NO/c1-9(2,3)14-6-8-5-10(11,12)7-13(8)4/h8H,5-7H2,1-4H3/t8-/m1/s1. The second-order valence-electron chi connectivity index (χ2n) is 5.05. The van der Waals surface area contributed by atoms with Crippen LogP contribution in [-0.4, -0.2) is 42.7 Å². The van der Waals surface area contributed by atoms with Crippen molar-refractivity contribution in [2.45, 2.75) is 44.8 Å². The van der Waals surface area contributed by atoms with Crippen LogP contribution in [0.15, 0.2) is 0 Å². The van der Waals surface area contributed by atoms with Crippen LogP contribution in [0.2, 0.25) is 0 Å². The van der Waals surface area contributed by atoms with E-state index in [1.54, 1.807) is 11.9 Å². The van der Waals surface area contributed by atoms with E-state index < -0.39 is 5.92 Å². The molecule has 0 saturated carbocycles. The van der Waals surface area contributed by atoms with E-state index in [0.29, 0.717) is 6.61 Å². The molecule has 1 rings (SSSR count). The Morgan fingerprint density at radius 3 is 2.36 bits per heavy atom. The van der Waals surface area contributed by atoms with Crippen molar-refractivity contribution in [1.82, 2.24) is 4.90 Å². The molecule has 14 heavy (non-hydrogen) atoms. The normalized spacial score (nSPS) is 28.3. The third-order valence-corrected chi connectivity index (χ3v) is 2.35. The van der Waals surface area contributed by atoms with E-state index in [0.717, 1.165) is 0 Å². The number of ether oxygens (including phenoxy) is 1. The topological polar surface area (TPSA) is 12.5 Å². The number of likely N-dealkylation sites (N-methyl/N-ethyl adjacent to an activating group) is 1. The van der Waals surface area contributed by atoms with E-state index in [1.807, 2.05) is 20.8 Å². The van der Waals surface area contributed by atoms with Gasteiger partial charge in [0.25, 0.3) is 5.92 Å². The molecular weight excluding hydrogens is 188 g/mol. The Labute approximate surface area is 84.2 Å². The highest BCUT2D eigenvalue weighted by molar-refractivity contribution is 4.88. The molecule has 1 saturated heterocycles. The molecule has 84 valence electrons. The summed E-state index contributed by atoms with van der Waals surface area (Å²) in [5.41, 5.74) is -0.251. The highest BCUT2D eigenvalue weighted by Gasteiger charge is 2.43. The molecule has 0 radical (unpaired) electrons. The van der Waals surface area contributed by atoms with Gasteiger partial charge < -0.3 is 4.74 Å². The largest absolute Gasteiger partial charge is 0.374 e. The molecule has 1 atom stereocenters. The monoisotopic (exact) mass is 207 g/mol. The molecule has 0 aliphatic carbocycles. The molecule has 0 N–H and O–H groups in total. The molecule has 1 heterocycles. The van der Waals surface area contributed by atoms with E-state index in [-0.39, 0.29) is 24.6 Å². The van der Waals surface area contributed by atoms with E-state index in [1.165, 1.54) is 0 Å². The Hall–Kier alpha value is -0.220. The third-order valence-electron chi connectivity index (χ3n) is 2.35. The molecule has 0 aromatic carbocycles. The maximum atomic E-state index is 13.0. The van der Waals surface area contributed by atoms with Crippen molar-refractivity contribution in [3.63, 3.8) is 0 Å². The Kier molecular flexibility index (Phi) is 3.17. The quantitative estimate of drug-likeness (QED) is 0.688. The Morgan fingerprint density at radius 2 is 2.00 bits per heavy atom. The number of halogens is 2. The zero-order valence-electron chi connectivity index (χ0n) is 9.31. The summed E-state index contributed by atoms with van der Waals surface area (Å²) in [6, 6.07) is -0.149. The summed E-state index contributed by atoms with van der Waals surface area (Å²) in [6.07, 6.45) is -0.0837. The van der Waals surface area contributed by atoms with Crippen LogP contribution in [0.25, 0.3) is 0 Å². The summed E-state index contributed by atoms with van der Waals surface area (Å²) in [6.45, 7) is 6.03. The second kappa shape index (κ2) is 3.74. The van der Waals surface area contributed by atoms with Gasteiger partial charge in [0, 0.05) is 12.5 Å². The van der Waals surface area contributed by atoms with Gasteiger partial charge in [0.1, 0.15) is 0 Å². The lowest BCUT2D eigenvalue weighted by Crippen LogP contribution is -2.33. The van der Waals surface area contributed by atoms with Crippen LogP contribution in [0.5, 0.6) is 0 Å². The zero-order valence-corrected chi connectivity index (χ0v) is 9.31. The van der Waals surface area contributed by atoms with Crippen LogP contribution in [0, 0.1) is 0 Å². The fourth-order valence-electron chi connectivity index (χ4n) is 1.59. The second-order valence-corrected chi connectivity index (χ2v) is 5.05. The van der Waals surface area contributed by atoms with E-state index in [9.17, 15) is 8.78 Å². The number of hydrogen-bond acceptors (Lipinski definition) is 2. The van der Waals surface area contributed by atoms with E-state index in [2.05, 4.69) is 0 Å². The predicted octanol–water partition coefficient (Wildman–Crippen LogP) is 2.14. The van der Waals surface area contributed by atoms with Gasteiger partial charge in [0.05, 0.1) is 18.8 Å². The van der Waals surface area contributed by atoms with Gasteiger partial charge in [-0.2, -0.15) is 0 Å². The number of alkyl halides is 2. The first-order valence-electron chi connectivity index (χ1n) is 4.92. The molecular formula is C10H19F2NO. The van der Waals surface area contributed by atoms with Gasteiger partial charge in [-0.25, -0.2) is 8.78 Å². The molecule has 1 fully saturated rings. The number of hydrogen-bond donors (Lipinski definition) is 0. The van der Waals surface area contributed by atoms with Crippen molar-refractivity contribution < 1.29 is 13.5 Å². The first-order chi connectivity index (χ1) is 6.20. The molecule has 0 spiro atoms. The summed E-state index contributed by atoms with van der Waals surface area (Å²) in [5.74, 6) is -2.54. The fraction of sp³-hybridized carbons (Fsp3) is 1.00. The fourth-order valence-corrected chi connectivity index (χ4v) is 1.59. The van der Waals surface area contributed by atoms with Gasteiger partial charge in [-0.3, -0.25) is 4.90 Å². The average molecular weight is 207 g/mol. The smallest absolute Gasteiger partial charge is 0.262 e. The third kappa shape index (κ3) is 3.50. The van der Waals surface area contributed by atoms with Crippen LogP contribution in [0.4, 0.5) is 8.78 Å². The highest BCUT2D eigenvalue weighted by Crippen LogP contribution is 2.31. The van der Waals surface area contributed by atoms with Crippen molar-refractivity contribution in [2.24, 2.45) is 0 Å². The van der Waals surface area contributed by atoms with Gasteiger partial charge in [-0.1, -0.05) is 0 Å². The summed E-state index contributed by atoms with van der Waals surface area (Å²) < 4.78 is 31.4. The van der Waals surface area contributed by atoms with Crippen molar-refractivity contribution in [3.8, 4) is 0 Å². The Balaban J connectivity index is 2.40. The lowest BCUT2D eigenvalue weighted by Gasteiger charge is -2.25. The van der Waals surface area contributed by atoms with Crippen molar-refractivity contribution in [3.05, 3.63) is 0 Å². The Bertz CT molecular complexity index is 201. The van der Waals surface area contributed by atoms with E-state index in [4.69, 9.17) is 4.74 Å². The first-order valence-corrected chi connectivity index (χ1v) is 4.92.